The van der Waals surface area contributed by atoms with Crippen molar-refractivity contribution in [1.82, 2.24) is 4.90 Å². The molecule has 2 aliphatic rings. The lowest BCUT2D eigenvalue weighted by Crippen LogP contribution is -2.30. The molecular formula is C18H19NO3. The summed E-state index contributed by atoms with van der Waals surface area (Å²) in [5.74, 6) is 2.72. The number of hydrogen-bond acceptors (Lipinski definition) is 4. The van der Waals surface area contributed by atoms with Crippen molar-refractivity contribution in [1.29, 1.82) is 0 Å². The average molecular weight is 297 g/mol. The molecule has 114 valence electrons. The summed E-state index contributed by atoms with van der Waals surface area (Å²) in [6.45, 7) is 3.22. The Kier molecular flexibility index (Phi) is 3.39. The number of fused-ring (bicyclic) bond motifs is 2. The van der Waals surface area contributed by atoms with Gasteiger partial charge < -0.3 is 14.2 Å². The van der Waals surface area contributed by atoms with Crippen molar-refractivity contribution < 1.29 is 14.2 Å². The molecule has 4 nitrogen and oxygen atoms in total. The molecule has 0 fully saturated rings. The van der Waals surface area contributed by atoms with Crippen molar-refractivity contribution in [2.45, 2.75) is 19.5 Å². The van der Waals surface area contributed by atoms with Crippen LogP contribution < -0.4 is 14.2 Å². The molecule has 2 heterocycles. The zero-order valence-corrected chi connectivity index (χ0v) is 12.7. The van der Waals surface area contributed by atoms with Gasteiger partial charge in [-0.15, -0.1) is 0 Å². The van der Waals surface area contributed by atoms with E-state index >= 15 is 0 Å². The van der Waals surface area contributed by atoms with Crippen molar-refractivity contribution in [3.05, 3.63) is 53.1 Å². The zero-order valence-electron chi connectivity index (χ0n) is 12.7. The van der Waals surface area contributed by atoms with E-state index in [1.54, 1.807) is 7.11 Å². The van der Waals surface area contributed by atoms with Crippen molar-refractivity contribution >= 4 is 0 Å². The second-order valence-electron chi connectivity index (χ2n) is 5.75. The van der Waals surface area contributed by atoms with Crippen LogP contribution in [0.15, 0.2) is 36.4 Å². The summed E-state index contributed by atoms with van der Waals surface area (Å²) < 4.78 is 16.4. The average Bonchev–Trinajstić information content (AvgIpc) is 3.00. The number of benzene rings is 2. The topological polar surface area (TPSA) is 30.9 Å². The Morgan fingerprint density at radius 3 is 2.68 bits per heavy atom. The molecule has 0 amide bonds. The molecule has 2 aromatic carbocycles. The molecule has 22 heavy (non-hydrogen) atoms. The molecule has 4 heteroatoms. The quantitative estimate of drug-likeness (QED) is 0.871. The van der Waals surface area contributed by atoms with Crippen LogP contribution >= 0.6 is 0 Å². The SMILES string of the molecule is COc1ccccc1CN1CCc2cc3c(cc2C1)OCO3. The van der Waals surface area contributed by atoms with Gasteiger partial charge in [-0.3, -0.25) is 4.90 Å². The number of nitrogens with zero attached hydrogens (tertiary/aromatic N) is 1. The third-order valence-electron chi connectivity index (χ3n) is 4.37. The number of para-hydroxylation sites is 1. The van der Waals surface area contributed by atoms with E-state index in [9.17, 15) is 0 Å². The minimum atomic E-state index is 0.336. The van der Waals surface area contributed by atoms with Crippen LogP contribution in [-0.4, -0.2) is 25.3 Å². The fourth-order valence-corrected chi connectivity index (χ4v) is 3.21. The molecule has 4 rings (SSSR count). The molecule has 0 unspecified atom stereocenters. The van der Waals surface area contributed by atoms with Crippen LogP contribution in [-0.2, 0) is 19.5 Å². The minimum Gasteiger partial charge on any atom is -0.496 e. The molecule has 0 radical (unpaired) electrons. The molecule has 2 aliphatic heterocycles. The lowest BCUT2D eigenvalue weighted by molar-refractivity contribution is 0.174. The van der Waals surface area contributed by atoms with Crippen LogP contribution in [0.25, 0.3) is 0 Å². The number of methoxy groups -OCH3 is 1. The van der Waals surface area contributed by atoms with Gasteiger partial charge in [0.05, 0.1) is 7.11 Å². The van der Waals surface area contributed by atoms with E-state index in [1.165, 1.54) is 16.7 Å². The van der Waals surface area contributed by atoms with Crippen molar-refractivity contribution in [3.63, 3.8) is 0 Å². The molecule has 2 aromatic rings. The Bertz CT molecular complexity index is 699. The first kappa shape index (κ1) is 13.5. The van der Waals surface area contributed by atoms with E-state index in [0.29, 0.717) is 6.79 Å². The molecule has 0 saturated heterocycles. The largest absolute Gasteiger partial charge is 0.496 e. The molecular weight excluding hydrogens is 278 g/mol. The zero-order chi connectivity index (χ0) is 14.9. The standard InChI is InChI=1S/C18H19NO3/c1-20-16-5-3-2-4-14(16)10-19-7-6-13-8-17-18(22-12-21-17)9-15(13)11-19/h2-5,8-9H,6-7,10-12H2,1H3. The molecule has 0 spiro atoms. The molecule has 0 atom stereocenters. The lowest BCUT2D eigenvalue weighted by Gasteiger charge is -2.29. The highest BCUT2D eigenvalue weighted by molar-refractivity contribution is 5.49. The summed E-state index contributed by atoms with van der Waals surface area (Å²) in [6.07, 6.45) is 1.04. The summed E-state index contributed by atoms with van der Waals surface area (Å²) in [4.78, 5) is 2.45. The highest BCUT2D eigenvalue weighted by atomic mass is 16.7. The van der Waals surface area contributed by atoms with Gasteiger partial charge in [-0.25, -0.2) is 0 Å². The summed E-state index contributed by atoms with van der Waals surface area (Å²) in [5, 5.41) is 0. The Labute approximate surface area is 130 Å². The maximum absolute atomic E-state index is 5.49. The van der Waals surface area contributed by atoms with Crippen LogP contribution in [0.1, 0.15) is 16.7 Å². The maximum Gasteiger partial charge on any atom is 0.231 e. The summed E-state index contributed by atoms with van der Waals surface area (Å²) in [6, 6.07) is 12.5. The second kappa shape index (κ2) is 5.54. The van der Waals surface area contributed by atoms with Crippen molar-refractivity contribution in [2.24, 2.45) is 0 Å². The van der Waals surface area contributed by atoms with E-state index < -0.39 is 0 Å². The predicted octanol–water partition coefficient (Wildman–Crippen LogP) is 2.98. The highest BCUT2D eigenvalue weighted by Crippen LogP contribution is 2.37. The Balaban J connectivity index is 1.54. The molecule has 0 N–H and O–H groups in total. The van der Waals surface area contributed by atoms with Gasteiger partial charge in [0.25, 0.3) is 0 Å². The molecule has 0 aliphatic carbocycles. The van der Waals surface area contributed by atoms with Gasteiger partial charge in [-0.05, 0) is 35.7 Å². The van der Waals surface area contributed by atoms with Crippen LogP contribution in [0.2, 0.25) is 0 Å². The van der Waals surface area contributed by atoms with Gasteiger partial charge >= 0.3 is 0 Å². The summed E-state index contributed by atoms with van der Waals surface area (Å²) in [5.41, 5.74) is 3.94. The van der Waals surface area contributed by atoms with Crippen LogP contribution in [0.4, 0.5) is 0 Å². The summed E-state index contributed by atoms with van der Waals surface area (Å²) in [7, 11) is 1.73. The second-order valence-corrected chi connectivity index (χ2v) is 5.75. The fourth-order valence-electron chi connectivity index (χ4n) is 3.21. The van der Waals surface area contributed by atoms with Gasteiger partial charge in [0, 0.05) is 25.2 Å². The minimum absolute atomic E-state index is 0.336. The number of hydrogen-bond donors (Lipinski definition) is 0. The van der Waals surface area contributed by atoms with Gasteiger partial charge in [-0.1, -0.05) is 18.2 Å². The van der Waals surface area contributed by atoms with Crippen molar-refractivity contribution in [2.75, 3.05) is 20.4 Å². The predicted molar refractivity (Wildman–Crippen MR) is 83.4 cm³/mol. The monoisotopic (exact) mass is 297 g/mol. The van der Waals surface area contributed by atoms with Crippen LogP contribution in [0.3, 0.4) is 0 Å². The normalized spacial score (nSPS) is 16.4. The number of rotatable bonds is 3. The van der Waals surface area contributed by atoms with E-state index in [-0.39, 0.29) is 0 Å². The first-order valence-corrected chi connectivity index (χ1v) is 7.59. The van der Waals surface area contributed by atoms with E-state index in [4.69, 9.17) is 14.2 Å². The van der Waals surface area contributed by atoms with Crippen LogP contribution in [0.5, 0.6) is 17.2 Å². The highest BCUT2D eigenvalue weighted by Gasteiger charge is 2.22. The third-order valence-corrected chi connectivity index (χ3v) is 4.37. The lowest BCUT2D eigenvalue weighted by atomic mass is 9.98. The Hall–Kier alpha value is -2.20. The van der Waals surface area contributed by atoms with Gasteiger partial charge in [0.2, 0.25) is 6.79 Å². The van der Waals surface area contributed by atoms with E-state index in [1.807, 2.05) is 12.1 Å². The maximum atomic E-state index is 5.49. The fraction of sp³-hybridized carbons (Fsp3) is 0.333. The number of ether oxygens (including phenoxy) is 3. The smallest absolute Gasteiger partial charge is 0.231 e. The molecule has 0 bridgehead atoms. The van der Waals surface area contributed by atoms with E-state index in [0.717, 1.165) is 43.3 Å². The van der Waals surface area contributed by atoms with Gasteiger partial charge in [-0.2, -0.15) is 0 Å². The molecule has 0 aromatic heterocycles. The van der Waals surface area contributed by atoms with Crippen LogP contribution in [0, 0.1) is 0 Å². The van der Waals surface area contributed by atoms with Gasteiger partial charge in [0.1, 0.15) is 5.75 Å². The third kappa shape index (κ3) is 2.40. The molecule has 0 saturated carbocycles. The summed E-state index contributed by atoms with van der Waals surface area (Å²) >= 11 is 0. The van der Waals surface area contributed by atoms with E-state index in [2.05, 4.69) is 29.2 Å². The van der Waals surface area contributed by atoms with Crippen molar-refractivity contribution in [3.8, 4) is 17.2 Å². The Morgan fingerprint density at radius 1 is 1.09 bits per heavy atom. The first-order chi connectivity index (χ1) is 10.8. The Morgan fingerprint density at radius 2 is 1.86 bits per heavy atom. The first-order valence-electron chi connectivity index (χ1n) is 7.59. The van der Waals surface area contributed by atoms with Gasteiger partial charge in [0.15, 0.2) is 11.5 Å².